The van der Waals surface area contributed by atoms with Gasteiger partial charge in [-0.2, -0.15) is 0 Å². The largest absolute Gasteiger partial charge is 0.299 e. The Hall–Kier alpha value is -0.120. The van der Waals surface area contributed by atoms with Gasteiger partial charge in [-0.05, 0) is 25.8 Å². The Morgan fingerprint density at radius 2 is 2.43 bits per heavy atom. The second-order valence-electron chi connectivity index (χ2n) is 4.01. The van der Waals surface area contributed by atoms with Crippen molar-refractivity contribution < 1.29 is 0 Å². The summed E-state index contributed by atoms with van der Waals surface area (Å²) in [4.78, 5) is 6.80. The third kappa shape index (κ3) is 2.94. The Kier molecular flexibility index (Phi) is 3.42. The van der Waals surface area contributed by atoms with E-state index in [2.05, 4.69) is 16.9 Å². The minimum Gasteiger partial charge on any atom is -0.299 e. The quantitative estimate of drug-likeness (QED) is 0.724. The van der Waals surface area contributed by atoms with Crippen molar-refractivity contribution >= 4 is 22.9 Å². The average Bonchev–Trinajstić information content (AvgIpc) is 2.83. The molecule has 1 aromatic rings. The smallest absolute Gasteiger partial charge is 0.107 e. The molecule has 78 valence electrons. The molecule has 0 N–H and O–H groups in total. The predicted octanol–water partition coefficient (Wildman–Crippen LogP) is 2.72. The van der Waals surface area contributed by atoms with Crippen LogP contribution in [0.5, 0.6) is 0 Å². The zero-order valence-electron chi connectivity index (χ0n) is 8.37. The molecule has 0 unspecified atom stereocenters. The first kappa shape index (κ1) is 10.4. The van der Waals surface area contributed by atoms with Gasteiger partial charge in [0, 0.05) is 11.9 Å². The fraction of sp³-hybridized carbons (Fsp3) is 0.700. The summed E-state index contributed by atoms with van der Waals surface area (Å²) < 4.78 is 0. The van der Waals surface area contributed by atoms with Gasteiger partial charge in [0.05, 0.1) is 18.1 Å². The molecule has 14 heavy (non-hydrogen) atoms. The Balaban J connectivity index is 1.82. The van der Waals surface area contributed by atoms with Crippen molar-refractivity contribution in [1.82, 2.24) is 9.88 Å². The van der Waals surface area contributed by atoms with Crippen molar-refractivity contribution in [3.63, 3.8) is 0 Å². The summed E-state index contributed by atoms with van der Waals surface area (Å²) >= 11 is 7.41. The summed E-state index contributed by atoms with van der Waals surface area (Å²) in [5, 5.41) is 3.23. The lowest BCUT2D eigenvalue weighted by molar-refractivity contribution is 0.312. The van der Waals surface area contributed by atoms with Gasteiger partial charge in [-0.1, -0.05) is 0 Å². The van der Waals surface area contributed by atoms with Gasteiger partial charge in [-0.25, -0.2) is 4.98 Å². The van der Waals surface area contributed by atoms with E-state index in [4.69, 9.17) is 11.6 Å². The fourth-order valence-electron chi connectivity index (χ4n) is 1.52. The molecule has 0 radical (unpaired) electrons. The lowest BCUT2D eigenvalue weighted by Crippen LogP contribution is -2.20. The van der Waals surface area contributed by atoms with Crippen LogP contribution < -0.4 is 0 Å². The van der Waals surface area contributed by atoms with Crippen LogP contribution in [-0.4, -0.2) is 23.5 Å². The van der Waals surface area contributed by atoms with Crippen molar-refractivity contribution in [2.45, 2.75) is 25.3 Å². The molecule has 1 fully saturated rings. The standard InChI is InChI=1S/C10H15ClN2S/c1-13(5-8-2-3-8)6-10-12-9(4-11)7-14-10/h7-8H,2-6H2,1H3. The van der Waals surface area contributed by atoms with Crippen LogP contribution >= 0.6 is 22.9 Å². The zero-order valence-corrected chi connectivity index (χ0v) is 9.94. The van der Waals surface area contributed by atoms with Gasteiger partial charge in [0.25, 0.3) is 0 Å². The van der Waals surface area contributed by atoms with Crippen LogP contribution in [-0.2, 0) is 12.4 Å². The van der Waals surface area contributed by atoms with E-state index in [1.165, 1.54) is 24.4 Å². The van der Waals surface area contributed by atoms with Crippen molar-refractivity contribution in [2.75, 3.05) is 13.6 Å². The maximum atomic E-state index is 5.70. The van der Waals surface area contributed by atoms with Gasteiger partial charge < -0.3 is 0 Å². The third-order valence-electron chi connectivity index (χ3n) is 2.41. The molecule has 1 aliphatic rings. The molecule has 1 aliphatic carbocycles. The number of alkyl halides is 1. The van der Waals surface area contributed by atoms with Gasteiger partial charge in [-0.3, -0.25) is 4.90 Å². The van der Waals surface area contributed by atoms with Crippen LogP contribution in [0, 0.1) is 5.92 Å². The highest BCUT2D eigenvalue weighted by molar-refractivity contribution is 7.09. The van der Waals surface area contributed by atoms with E-state index in [1.54, 1.807) is 11.3 Å². The van der Waals surface area contributed by atoms with Gasteiger partial charge in [-0.15, -0.1) is 22.9 Å². The maximum Gasteiger partial charge on any atom is 0.107 e. The van der Waals surface area contributed by atoms with Crippen molar-refractivity contribution in [3.8, 4) is 0 Å². The molecule has 0 bridgehead atoms. The van der Waals surface area contributed by atoms with Crippen molar-refractivity contribution in [3.05, 3.63) is 16.1 Å². The average molecular weight is 231 g/mol. The number of thiazole rings is 1. The molecular weight excluding hydrogens is 216 g/mol. The van der Waals surface area contributed by atoms with Crippen LogP contribution in [0.25, 0.3) is 0 Å². The minimum absolute atomic E-state index is 0.531. The van der Waals surface area contributed by atoms with Crippen molar-refractivity contribution in [1.29, 1.82) is 0 Å². The summed E-state index contributed by atoms with van der Waals surface area (Å²) in [6, 6.07) is 0. The highest BCUT2D eigenvalue weighted by Crippen LogP contribution is 2.29. The van der Waals surface area contributed by atoms with E-state index in [1.807, 2.05) is 5.38 Å². The molecule has 1 heterocycles. The summed E-state index contributed by atoms with van der Waals surface area (Å²) in [5.74, 6) is 1.48. The molecule has 0 amide bonds. The highest BCUT2D eigenvalue weighted by Gasteiger charge is 2.22. The molecule has 4 heteroatoms. The van der Waals surface area contributed by atoms with E-state index in [0.29, 0.717) is 5.88 Å². The number of nitrogens with zero attached hydrogens (tertiary/aromatic N) is 2. The van der Waals surface area contributed by atoms with Crippen molar-refractivity contribution in [2.24, 2.45) is 5.92 Å². The van der Waals surface area contributed by atoms with Crippen LogP contribution in [0.2, 0.25) is 0 Å². The number of hydrogen-bond acceptors (Lipinski definition) is 3. The van der Waals surface area contributed by atoms with Gasteiger partial charge >= 0.3 is 0 Å². The monoisotopic (exact) mass is 230 g/mol. The molecular formula is C10H15ClN2S. The first-order valence-electron chi connectivity index (χ1n) is 4.95. The lowest BCUT2D eigenvalue weighted by atomic mass is 10.4. The number of rotatable bonds is 5. The summed E-state index contributed by atoms with van der Waals surface area (Å²) in [5.41, 5.74) is 1.01. The first-order chi connectivity index (χ1) is 6.78. The summed E-state index contributed by atoms with van der Waals surface area (Å²) in [6.45, 7) is 2.19. The van der Waals surface area contributed by atoms with Crippen LogP contribution in [0.15, 0.2) is 5.38 Å². The van der Waals surface area contributed by atoms with Gasteiger partial charge in [0.15, 0.2) is 0 Å². The molecule has 0 aromatic carbocycles. The zero-order chi connectivity index (χ0) is 9.97. The molecule has 0 saturated heterocycles. The Morgan fingerprint density at radius 3 is 3.00 bits per heavy atom. The normalized spacial score (nSPS) is 16.5. The summed E-state index contributed by atoms with van der Waals surface area (Å²) in [6.07, 6.45) is 2.82. The van der Waals surface area contributed by atoms with E-state index in [9.17, 15) is 0 Å². The molecule has 1 aromatic heterocycles. The molecule has 2 rings (SSSR count). The fourth-order valence-corrected chi connectivity index (χ4v) is 2.62. The number of halogens is 1. The van der Waals surface area contributed by atoms with E-state index in [0.717, 1.165) is 18.2 Å². The maximum absolute atomic E-state index is 5.70. The van der Waals surface area contributed by atoms with E-state index in [-0.39, 0.29) is 0 Å². The van der Waals surface area contributed by atoms with Gasteiger partial charge in [0.1, 0.15) is 5.01 Å². The lowest BCUT2D eigenvalue weighted by Gasteiger charge is -2.13. The van der Waals surface area contributed by atoms with Gasteiger partial charge in [0.2, 0.25) is 0 Å². The highest BCUT2D eigenvalue weighted by atomic mass is 35.5. The Morgan fingerprint density at radius 1 is 1.64 bits per heavy atom. The minimum atomic E-state index is 0.531. The van der Waals surface area contributed by atoms with E-state index >= 15 is 0 Å². The van der Waals surface area contributed by atoms with Crippen LogP contribution in [0.3, 0.4) is 0 Å². The molecule has 1 saturated carbocycles. The second-order valence-corrected chi connectivity index (χ2v) is 5.22. The second kappa shape index (κ2) is 4.60. The predicted molar refractivity (Wildman–Crippen MR) is 60.7 cm³/mol. The Bertz CT molecular complexity index is 296. The Labute approximate surface area is 93.9 Å². The van der Waals surface area contributed by atoms with Crippen LogP contribution in [0.1, 0.15) is 23.5 Å². The van der Waals surface area contributed by atoms with Crippen LogP contribution in [0.4, 0.5) is 0 Å². The SMILES string of the molecule is CN(Cc1nc(CCl)cs1)CC1CC1. The molecule has 0 atom stereocenters. The molecule has 0 aliphatic heterocycles. The van der Waals surface area contributed by atoms with E-state index < -0.39 is 0 Å². The molecule has 2 nitrogen and oxygen atoms in total. The number of hydrogen-bond donors (Lipinski definition) is 0. The molecule has 0 spiro atoms. The topological polar surface area (TPSA) is 16.1 Å². The third-order valence-corrected chi connectivity index (χ3v) is 3.56. The summed E-state index contributed by atoms with van der Waals surface area (Å²) in [7, 11) is 2.17. The first-order valence-corrected chi connectivity index (χ1v) is 6.37. The number of aromatic nitrogens is 1.